The van der Waals surface area contributed by atoms with Crippen LogP contribution in [0.25, 0.3) is 0 Å². The second-order valence-corrected chi connectivity index (χ2v) is 2.72. The van der Waals surface area contributed by atoms with Crippen molar-refractivity contribution in [2.24, 2.45) is 0 Å². The Labute approximate surface area is 85.9 Å². The molecule has 4 nitrogen and oxygen atoms in total. The molecule has 0 heterocycles. The van der Waals surface area contributed by atoms with Crippen molar-refractivity contribution in [3.8, 4) is 0 Å². The van der Waals surface area contributed by atoms with E-state index < -0.39 is 11.9 Å². The number of carbonyl (C=O) groups excluding carboxylic acids is 1. The van der Waals surface area contributed by atoms with E-state index in [1.165, 1.54) is 25.7 Å². The minimum atomic E-state index is -1.08. The lowest BCUT2D eigenvalue weighted by Gasteiger charge is -1.86. The van der Waals surface area contributed by atoms with E-state index in [4.69, 9.17) is 19.8 Å². The van der Waals surface area contributed by atoms with Crippen LogP contribution in [0.2, 0.25) is 0 Å². The largest absolute Gasteiger partial charge is 0.550 e. The van der Waals surface area contributed by atoms with E-state index >= 15 is 0 Å². The van der Waals surface area contributed by atoms with Crippen molar-refractivity contribution in [3.63, 3.8) is 0 Å². The van der Waals surface area contributed by atoms with E-state index in [1.54, 1.807) is 0 Å². The molecule has 0 saturated carbocycles. The molecule has 0 aliphatic rings. The van der Waals surface area contributed by atoms with Gasteiger partial charge in [0.15, 0.2) is 0 Å². The Hall–Kier alpha value is -1.06. The third-order valence-electron chi connectivity index (χ3n) is 0.957. The summed E-state index contributed by atoms with van der Waals surface area (Å²) in [6, 6.07) is 0. The smallest absolute Gasteiger partial charge is 0.300 e. The molecule has 0 aliphatic carbocycles. The SMILES string of the molecule is CC(=O)O.CC(=O)[O-].CCCCCC. The highest BCUT2D eigenvalue weighted by Crippen LogP contribution is 1.95. The molecule has 86 valence electrons. The summed E-state index contributed by atoms with van der Waals surface area (Å²) in [6.45, 7) is 6.52. The van der Waals surface area contributed by atoms with Gasteiger partial charge < -0.3 is 15.0 Å². The van der Waals surface area contributed by atoms with Crippen LogP contribution in [0.5, 0.6) is 0 Å². The van der Waals surface area contributed by atoms with Crippen molar-refractivity contribution in [3.05, 3.63) is 0 Å². The zero-order valence-electron chi connectivity index (χ0n) is 9.50. The molecule has 0 aliphatic heterocycles. The van der Waals surface area contributed by atoms with Crippen LogP contribution in [-0.4, -0.2) is 17.0 Å². The predicted octanol–water partition coefficient (Wildman–Crippen LogP) is 1.43. The van der Waals surface area contributed by atoms with Crippen molar-refractivity contribution < 1.29 is 19.8 Å². The van der Waals surface area contributed by atoms with Gasteiger partial charge in [-0.25, -0.2) is 0 Å². The second kappa shape index (κ2) is 17.9. The second-order valence-electron chi connectivity index (χ2n) is 2.72. The third-order valence-corrected chi connectivity index (χ3v) is 0.957. The van der Waals surface area contributed by atoms with Gasteiger partial charge in [0.2, 0.25) is 0 Å². The molecule has 4 heteroatoms. The lowest BCUT2D eigenvalue weighted by atomic mass is 10.2. The Bertz CT molecular complexity index is 108. The van der Waals surface area contributed by atoms with Gasteiger partial charge >= 0.3 is 0 Å². The number of hydrogen-bond acceptors (Lipinski definition) is 3. The monoisotopic (exact) mass is 205 g/mol. The first-order chi connectivity index (χ1) is 6.38. The van der Waals surface area contributed by atoms with Crippen LogP contribution in [0.15, 0.2) is 0 Å². The first-order valence-corrected chi connectivity index (χ1v) is 4.75. The molecule has 0 saturated heterocycles. The van der Waals surface area contributed by atoms with Crippen molar-refractivity contribution >= 4 is 11.9 Å². The van der Waals surface area contributed by atoms with E-state index in [0.29, 0.717) is 0 Å². The highest BCUT2D eigenvalue weighted by atomic mass is 16.4. The molecule has 0 radical (unpaired) electrons. The van der Waals surface area contributed by atoms with Gasteiger partial charge in [0, 0.05) is 12.9 Å². The Morgan fingerprint density at radius 3 is 1.29 bits per heavy atom. The maximum absolute atomic E-state index is 9.00. The zero-order valence-corrected chi connectivity index (χ0v) is 9.50. The topological polar surface area (TPSA) is 77.4 Å². The molecule has 0 unspecified atom stereocenters. The van der Waals surface area contributed by atoms with Gasteiger partial charge in [-0.05, 0) is 6.92 Å². The fraction of sp³-hybridized carbons (Fsp3) is 0.800. The molecule has 0 atom stereocenters. The molecule has 0 aromatic carbocycles. The summed E-state index contributed by atoms with van der Waals surface area (Å²) in [5.41, 5.74) is 0. The Kier molecular flexibility index (Phi) is 23.8. The number of carboxylic acid groups (broad SMARTS) is 2. The number of aliphatic carboxylic acids is 2. The molecule has 0 aromatic heterocycles. The minimum Gasteiger partial charge on any atom is -0.550 e. The predicted molar refractivity (Wildman–Crippen MR) is 53.8 cm³/mol. The molecule has 0 rings (SSSR count). The van der Waals surface area contributed by atoms with Gasteiger partial charge in [-0.15, -0.1) is 0 Å². The number of unbranched alkanes of at least 4 members (excludes halogenated alkanes) is 3. The molecular formula is C10H21O4-. The summed E-state index contributed by atoms with van der Waals surface area (Å²) in [4.78, 5) is 17.9. The van der Waals surface area contributed by atoms with Crippen molar-refractivity contribution in [2.45, 2.75) is 53.4 Å². The summed E-state index contributed by atoms with van der Waals surface area (Å²) in [7, 11) is 0. The lowest BCUT2D eigenvalue weighted by molar-refractivity contribution is -0.302. The van der Waals surface area contributed by atoms with Crippen LogP contribution < -0.4 is 5.11 Å². The van der Waals surface area contributed by atoms with Crippen LogP contribution in [-0.2, 0) is 9.59 Å². The van der Waals surface area contributed by atoms with E-state index in [1.807, 2.05) is 0 Å². The summed E-state index contributed by atoms with van der Waals surface area (Å²) >= 11 is 0. The molecule has 1 N–H and O–H groups in total. The zero-order chi connectivity index (χ0) is 12.0. The summed E-state index contributed by atoms with van der Waals surface area (Å²) < 4.78 is 0. The maximum atomic E-state index is 9.00. The van der Waals surface area contributed by atoms with Gasteiger partial charge in [0.25, 0.3) is 5.97 Å². The highest BCUT2D eigenvalue weighted by molar-refractivity contribution is 5.62. The van der Waals surface area contributed by atoms with E-state index in [0.717, 1.165) is 13.8 Å². The first kappa shape index (κ1) is 18.7. The summed E-state index contributed by atoms with van der Waals surface area (Å²) in [5, 5.41) is 16.3. The van der Waals surface area contributed by atoms with Crippen LogP contribution in [0.3, 0.4) is 0 Å². The Morgan fingerprint density at radius 2 is 1.21 bits per heavy atom. The Morgan fingerprint density at radius 1 is 1.07 bits per heavy atom. The maximum Gasteiger partial charge on any atom is 0.300 e. The Balaban J connectivity index is -0.000000135. The molecule has 14 heavy (non-hydrogen) atoms. The fourth-order valence-electron chi connectivity index (χ4n) is 0.500. The highest BCUT2D eigenvalue weighted by Gasteiger charge is 1.75. The van der Waals surface area contributed by atoms with E-state index in [-0.39, 0.29) is 0 Å². The van der Waals surface area contributed by atoms with Gasteiger partial charge in [0.1, 0.15) is 0 Å². The minimum absolute atomic E-state index is 0.833. The van der Waals surface area contributed by atoms with Crippen LogP contribution in [0.1, 0.15) is 53.4 Å². The number of carbonyl (C=O) groups is 2. The van der Waals surface area contributed by atoms with Gasteiger partial charge in [-0.2, -0.15) is 0 Å². The number of carboxylic acids is 2. The molecule has 0 bridgehead atoms. The first-order valence-electron chi connectivity index (χ1n) is 4.75. The normalized spacial score (nSPS) is 7.43. The standard InChI is InChI=1S/C6H14.2C2H4O2/c1-3-5-6-4-2;2*1-2(3)4/h3-6H2,1-2H3;2*1H3,(H,3,4)/p-1. The molecule has 0 amide bonds. The van der Waals surface area contributed by atoms with E-state index in [9.17, 15) is 0 Å². The van der Waals surface area contributed by atoms with Gasteiger partial charge in [0.05, 0.1) is 0 Å². The van der Waals surface area contributed by atoms with Crippen molar-refractivity contribution in [2.75, 3.05) is 0 Å². The average Bonchev–Trinajstić information content (AvgIpc) is 1.98. The van der Waals surface area contributed by atoms with Gasteiger partial charge in [-0.3, -0.25) is 4.79 Å². The summed E-state index contributed by atoms with van der Waals surface area (Å²) in [6.07, 6.45) is 5.54. The van der Waals surface area contributed by atoms with Gasteiger partial charge in [-0.1, -0.05) is 39.5 Å². The van der Waals surface area contributed by atoms with Crippen LogP contribution in [0, 0.1) is 0 Å². The molecule has 0 fully saturated rings. The molecule has 0 spiro atoms. The molecule has 0 aromatic rings. The number of hydrogen-bond donors (Lipinski definition) is 1. The molecular weight excluding hydrogens is 184 g/mol. The van der Waals surface area contributed by atoms with Crippen LogP contribution in [0.4, 0.5) is 0 Å². The quantitative estimate of drug-likeness (QED) is 0.707. The van der Waals surface area contributed by atoms with Crippen molar-refractivity contribution in [1.29, 1.82) is 0 Å². The fourth-order valence-corrected chi connectivity index (χ4v) is 0.500. The summed E-state index contributed by atoms with van der Waals surface area (Å²) in [5.74, 6) is -1.92. The number of rotatable bonds is 3. The van der Waals surface area contributed by atoms with E-state index in [2.05, 4.69) is 13.8 Å². The van der Waals surface area contributed by atoms with Crippen LogP contribution >= 0.6 is 0 Å². The third kappa shape index (κ3) is 287. The average molecular weight is 205 g/mol. The lowest BCUT2D eigenvalue weighted by Crippen LogP contribution is -2.16. The van der Waals surface area contributed by atoms with Crippen molar-refractivity contribution in [1.82, 2.24) is 0 Å².